The lowest BCUT2D eigenvalue weighted by atomic mass is 9.81. The summed E-state index contributed by atoms with van der Waals surface area (Å²) in [5.74, 6) is -1.08. The fourth-order valence-corrected chi connectivity index (χ4v) is 6.06. The van der Waals surface area contributed by atoms with Gasteiger partial charge in [0.2, 0.25) is 0 Å². The van der Waals surface area contributed by atoms with Gasteiger partial charge in [0.1, 0.15) is 30.3 Å². The maximum Gasteiger partial charge on any atom is 0.314 e. The minimum atomic E-state index is -1.89. The lowest BCUT2D eigenvalue weighted by Crippen LogP contribution is -2.62. The van der Waals surface area contributed by atoms with E-state index in [1.165, 1.54) is 14.2 Å². The number of terminal acetylenes is 1. The molecule has 0 aromatic heterocycles. The summed E-state index contributed by atoms with van der Waals surface area (Å²) in [5.41, 5.74) is 0.994. The fourth-order valence-electron chi connectivity index (χ4n) is 6.06. The van der Waals surface area contributed by atoms with Gasteiger partial charge in [-0.1, -0.05) is 36.8 Å². The maximum atomic E-state index is 13.5. The van der Waals surface area contributed by atoms with Crippen LogP contribution in [0.2, 0.25) is 0 Å². The van der Waals surface area contributed by atoms with Crippen molar-refractivity contribution in [2.45, 2.75) is 127 Å². The predicted octanol–water partition coefficient (Wildman–Crippen LogP) is 3.84. The number of ether oxygens (including phenoxy) is 7. The molecule has 0 amide bonds. The highest BCUT2D eigenvalue weighted by Gasteiger charge is 2.53. The van der Waals surface area contributed by atoms with Gasteiger partial charge < -0.3 is 43.4 Å². The molecule has 12 atom stereocenters. The lowest BCUT2D eigenvalue weighted by molar-refractivity contribution is -0.354. The largest absolute Gasteiger partial charge is 0.457 e. The molecule has 10 nitrogen and oxygen atoms in total. The molecule has 2 bridgehead atoms. The van der Waals surface area contributed by atoms with E-state index >= 15 is 0 Å². The fraction of sp³-hybridized carbons (Fsp3) is 0.735. The molecule has 248 valence electrons. The summed E-state index contributed by atoms with van der Waals surface area (Å²) in [5, 5.41) is 22.5. The third-order valence-electron chi connectivity index (χ3n) is 8.96. The number of cyclic esters (lactones) is 1. The topological polar surface area (TPSA) is 122 Å². The number of esters is 1. The van der Waals surface area contributed by atoms with Crippen molar-refractivity contribution in [3.63, 3.8) is 0 Å². The van der Waals surface area contributed by atoms with Crippen LogP contribution in [0, 0.1) is 24.2 Å². The summed E-state index contributed by atoms with van der Waals surface area (Å²) in [6.45, 7) is 7.30. The molecular formula is C34H52O10. The summed E-state index contributed by atoms with van der Waals surface area (Å²) in [6, 6.07) is 0. The van der Waals surface area contributed by atoms with Crippen LogP contribution < -0.4 is 0 Å². The lowest BCUT2D eigenvalue weighted by Gasteiger charge is -2.50. The first-order chi connectivity index (χ1) is 21.0. The van der Waals surface area contributed by atoms with Crippen LogP contribution in [0.3, 0.4) is 0 Å². The predicted molar refractivity (Wildman–Crippen MR) is 164 cm³/mol. The molecule has 0 spiro atoms. The van der Waals surface area contributed by atoms with Gasteiger partial charge in [-0.25, -0.2) is 0 Å². The van der Waals surface area contributed by atoms with Crippen molar-refractivity contribution in [1.82, 2.24) is 0 Å². The van der Waals surface area contributed by atoms with E-state index in [9.17, 15) is 15.0 Å². The van der Waals surface area contributed by atoms with E-state index in [2.05, 4.69) is 5.92 Å². The third-order valence-corrected chi connectivity index (χ3v) is 8.96. The highest BCUT2D eigenvalue weighted by atomic mass is 16.7. The van der Waals surface area contributed by atoms with Gasteiger partial charge in [0, 0.05) is 52.9 Å². The average molecular weight is 621 g/mol. The average Bonchev–Trinajstić information content (AvgIpc) is 2.99. The van der Waals surface area contributed by atoms with E-state index in [0.717, 1.165) is 24.8 Å². The zero-order valence-corrected chi connectivity index (χ0v) is 27.2. The maximum absolute atomic E-state index is 13.5. The van der Waals surface area contributed by atoms with Crippen LogP contribution in [0.1, 0.15) is 66.2 Å². The molecule has 0 aromatic rings. The van der Waals surface area contributed by atoms with Crippen molar-refractivity contribution < 1.29 is 48.2 Å². The second-order valence-electron chi connectivity index (χ2n) is 12.2. The molecule has 0 aliphatic carbocycles. The molecule has 0 saturated carbocycles. The second-order valence-corrected chi connectivity index (χ2v) is 12.2. The highest BCUT2D eigenvalue weighted by molar-refractivity contribution is 5.73. The van der Waals surface area contributed by atoms with Gasteiger partial charge >= 0.3 is 5.97 Å². The Labute approximate surface area is 262 Å². The number of rotatable bonds is 10. The quantitative estimate of drug-likeness (QED) is 0.123. The molecule has 3 rings (SSSR count). The number of hydrogen-bond donors (Lipinski definition) is 2. The Kier molecular flexibility index (Phi) is 14.1. The molecule has 0 unspecified atom stereocenters. The molecule has 2 saturated heterocycles. The smallest absolute Gasteiger partial charge is 0.314 e. The van der Waals surface area contributed by atoms with E-state index in [-0.39, 0.29) is 18.4 Å². The number of methoxy groups -OCH3 is 3. The molecule has 10 heteroatoms. The molecular weight excluding hydrogens is 568 g/mol. The van der Waals surface area contributed by atoms with E-state index in [1.807, 2.05) is 44.2 Å². The van der Waals surface area contributed by atoms with E-state index in [1.54, 1.807) is 21.0 Å². The first-order valence-corrected chi connectivity index (χ1v) is 15.6. The van der Waals surface area contributed by atoms with Gasteiger partial charge in [-0.3, -0.25) is 4.79 Å². The molecule has 3 aliphatic rings. The summed E-state index contributed by atoms with van der Waals surface area (Å²) < 4.78 is 41.8. The Morgan fingerprint density at radius 3 is 2.52 bits per heavy atom. The van der Waals surface area contributed by atoms with Crippen molar-refractivity contribution in [3.8, 4) is 12.3 Å². The van der Waals surface area contributed by atoms with Crippen LogP contribution >= 0.6 is 0 Å². The van der Waals surface area contributed by atoms with Crippen molar-refractivity contribution >= 4 is 5.97 Å². The zero-order valence-electron chi connectivity index (χ0n) is 27.2. The first kappa shape index (κ1) is 36.4. The molecule has 0 radical (unpaired) electrons. The molecule has 0 aromatic carbocycles. The number of allylic oxidation sites excluding steroid dienone is 3. The molecule has 44 heavy (non-hydrogen) atoms. The van der Waals surface area contributed by atoms with Crippen molar-refractivity contribution in [1.29, 1.82) is 0 Å². The van der Waals surface area contributed by atoms with Crippen LogP contribution in [0.4, 0.5) is 0 Å². The number of fused-ring (bicyclic) bond motifs is 2. The van der Waals surface area contributed by atoms with Crippen molar-refractivity contribution in [2.75, 3.05) is 21.3 Å². The molecule has 2 N–H and O–H groups in total. The van der Waals surface area contributed by atoms with Gasteiger partial charge in [0.25, 0.3) is 0 Å². The van der Waals surface area contributed by atoms with Crippen LogP contribution in [0.5, 0.6) is 0 Å². The third kappa shape index (κ3) is 9.24. The minimum absolute atomic E-state index is 0.0147. The Balaban J connectivity index is 1.88. The normalized spacial score (nSPS) is 40.6. The number of aliphatic hydroxyl groups is 2. The van der Waals surface area contributed by atoms with Crippen LogP contribution in [-0.2, 0) is 38.0 Å². The second kappa shape index (κ2) is 17.0. The highest BCUT2D eigenvalue weighted by Crippen LogP contribution is 2.42. The Hall–Kier alpha value is -2.07. The number of carbonyl (C=O) groups is 1. The first-order valence-electron chi connectivity index (χ1n) is 15.6. The van der Waals surface area contributed by atoms with Gasteiger partial charge in [0.15, 0.2) is 12.1 Å². The van der Waals surface area contributed by atoms with Crippen LogP contribution in [0.15, 0.2) is 36.0 Å². The van der Waals surface area contributed by atoms with Crippen molar-refractivity contribution in [3.05, 3.63) is 36.0 Å². The number of aliphatic hydroxyl groups excluding tert-OH is 1. The Morgan fingerprint density at radius 2 is 1.86 bits per heavy atom. The SMILES string of the molecule is C#CCCC/C=C/C=C/[C@@H]1CC(C)=C[C@@H](OC)C[C@@H]2O[C@@](O)(C[C@H](O[C@@H]3O[C@@H](C)[C@H](O)[C@@H](OC)[C@H]3OC)[C@@H]2C)[C@H](C)C(=O)O1. The van der Waals surface area contributed by atoms with Crippen molar-refractivity contribution in [2.24, 2.45) is 11.8 Å². The summed E-state index contributed by atoms with van der Waals surface area (Å²) in [4.78, 5) is 13.5. The molecule has 3 heterocycles. The van der Waals surface area contributed by atoms with Crippen LogP contribution in [-0.4, -0.2) is 98.4 Å². The molecule has 2 fully saturated rings. The number of carbonyl (C=O) groups excluding carboxylic acids is 1. The summed E-state index contributed by atoms with van der Waals surface area (Å²) in [7, 11) is 4.63. The van der Waals surface area contributed by atoms with Gasteiger partial charge in [-0.05, 0) is 39.7 Å². The summed E-state index contributed by atoms with van der Waals surface area (Å²) in [6.07, 6.45) is 12.6. The Bertz CT molecular complexity index is 1050. The number of hydrogen-bond acceptors (Lipinski definition) is 10. The Morgan fingerprint density at radius 1 is 1.14 bits per heavy atom. The number of unbranched alkanes of at least 4 members (excludes halogenated alkanes) is 2. The standard InChI is InChI=1S/C34H52O10/c1-9-10-11-12-13-14-15-16-25-17-21(2)18-26(38-6)19-27-22(3)28(20-34(37,44-27)23(4)32(36)42-25)43-33-31(40-8)30(39-7)29(35)24(5)41-33/h1,13-16,18,22-31,33,35,37H,10-12,17,19-20H2,2-8H3/b14-13+,16-15+,21-18?/t22-,23-,24+,25-,26-,27+,28+,29+,30-,31-,33+,34+/m1/s1. The summed E-state index contributed by atoms with van der Waals surface area (Å²) >= 11 is 0. The monoisotopic (exact) mass is 620 g/mol. The van der Waals surface area contributed by atoms with E-state index < -0.39 is 66.7 Å². The minimum Gasteiger partial charge on any atom is -0.457 e. The van der Waals surface area contributed by atoms with Gasteiger partial charge in [-0.2, -0.15) is 0 Å². The van der Waals surface area contributed by atoms with Crippen LogP contribution in [0.25, 0.3) is 0 Å². The van der Waals surface area contributed by atoms with Gasteiger partial charge in [-0.15, -0.1) is 12.3 Å². The van der Waals surface area contributed by atoms with E-state index in [0.29, 0.717) is 12.8 Å². The van der Waals surface area contributed by atoms with E-state index in [4.69, 9.17) is 39.6 Å². The van der Waals surface area contributed by atoms with Gasteiger partial charge in [0.05, 0.1) is 24.4 Å². The molecule has 3 aliphatic heterocycles. The zero-order chi connectivity index (χ0) is 32.4.